The summed E-state index contributed by atoms with van der Waals surface area (Å²) in [7, 11) is 1.80. The van der Waals surface area contributed by atoms with Crippen LogP contribution < -0.4 is 5.32 Å². The van der Waals surface area contributed by atoms with Gasteiger partial charge >= 0.3 is 0 Å². The lowest BCUT2D eigenvalue weighted by Gasteiger charge is -2.05. The largest absolute Gasteiger partial charge is 0.410 e. The third-order valence-corrected chi connectivity index (χ3v) is 2.33. The quantitative estimate of drug-likeness (QED) is 0.504. The standard InChI is InChI=1S/C12H12N4O.C2H6/c1-13-11-5-4-10(8-15-11)12(16-17)9-3-2-6-14-7-9;1-2/h2-8,17H,1H3,(H,13,15);1-2H3/b16-12+;. The number of anilines is 1. The minimum Gasteiger partial charge on any atom is -0.410 e. The lowest BCUT2D eigenvalue weighted by molar-refractivity contribution is 0.319. The van der Waals surface area contributed by atoms with E-state index in [2.05, 4.69) is 20.4 Å². The summed E-state index contributed by atoms with van der Waals surface area (Å²) in [5.41, 5.74) is 1.93. The summed E-state index contributed by atoms with van der Waals surface area (Å²) in [6, 6.07) is 7.27. The van der Waals surface area contributed by atoms with Crippen LogP contribution in [0.5, 0.6) is 0 Å². The SMILES string of the molecule is CC.CNc1ccc(/C(=N/O)c2cccnc2)cn1. The molecule has 0 saturated carbocycles. The molecule has 2 N–H and O–H groups in total. The van der Waals surface area contributed by atoms with E-state index in [-0.39, 0.29) is 0 Å². The van der Waals surface area contributed by atoms with E-state index >= 15 is 0 Å². The van der Waals surface area contributed by atoms with Crippen molar-refractivity contribution in [3.05, 3.63) is 54.0 Å². The smallest absolute Gasteiger partial charge is 0.125 e. The Bertz CT molecular complexity index is 509. The van der Waals surface area contributed by atoms with Gasteiger partial charge in [-0.2, -0.15) is 0 Å². The first kappa shape index (κ1) is 14.6. The van der Waals surface area contributed by atoms with Crippen LogP contribution in [0.25, 0.3) is 0 Å². The molecule has 19 heavy (non-hydrogen) atoms. The van der Waals surface area contributed by atoms with Crippen molar-refractivity contribution in [3.63, 3.8) is 0 Å². The van der Waals surface area contributed by atoms with E-state index in [0.717, 1.165) is 16.9 Å². The third kappa shape index (κ3) is 3.77. The maximum Gasteiger partial charge on any atom is 0.125 e. The minimum absolute atomic E-state index is 0.452. The van der Waals surface area contributed by atoms with Crippen LogP contribution in [0.2, 0.25) is 0 Å². The number of nitrogens with zero attached hydrogens (tertiary/aromatic N) is 3. The maximum atomic E-state index is 9.08. The average molecular weight is 258 g/mol. The number of pyridine rings is 2. The molecule has 0 unspecified atom stereocenters. The summed E-state index contributed by atoms with van der Waals surface area (Å²) in [6.45, 7) is 4.00. The van der Waals surface area contributed by atoms with Crippen molar-refractivity contribution in [1.82, 2.24) is 9.97 Å². The molecule has 0 fully saturated rings. The van der Waals surface area contributed by atoms with Gasteiger partial charge in [-0.25, -0.2) is 4.98 Å². The highest BCUT2D eigenvalue weighted by Gasteiger charge is 2.07. The molecule has 0 atom stereocenters. The van der Waals surface area contributed by atoms with Gasteiger partial charge in [-0.05, 0) is 24.3 Å². The molecular formula is C14H18N4O. The molecule has 0 spiro atoms. The molecule has 5 heteroatoms. The number of hydrogen-bond donors (Lipinski definition) is 2. The zero-order chi connectivity index (χ0) is 14.1. The van der Waals surface area contributed by atoms with Gasteiger partial charge in [-0.15, -0.1) is 0 Å². The molecule has 100 valence electrons. The van der Waals surface area contributed by atoms with Crippen molar-refractivity contribution in [1.29, 1.82) is 0 Å². The van der Waals surface area contributed by atoms with E-state index in [1.165, 1.54) is 0 Å². The summed E-state index contributed by atoms with van der Waals surface area (Å²) < 4.78 is 0. The molecule has 5 nitrogen and oxygen atoms in total. The fourth-order valence-electron chi connectivity index (χ4n) is 1.47. The highest BCUT2D eigenvalue weighted by Crippen LogP contribution is 2.11. The Hall–Kier alpha value is -2.43. The van der Waals surface area contributed by atoms with Gasteiger partial charge in [-0.1, -0.05) is 19.0 Å². The molecule has 0 radical (unpaired) electrons. The third-order valence-electron chi connectivity index (χ3n) is 2.33. The summed E-state index contributed by atoms with van der Waals surface area (Å²) in [4.78, 5) is 8.16. The van der Waals surface area contributed by atoms with Gasteiger partial charge < -0.3 is 10.5 Å². The molecule has 2 rings (SSSR count). The maximum absolute atomic E-state index is 9.08. The van der Waals surface area contributed by atoms with Crippen LogP contribution in [0.3, 0.4) is 0 Å². The Kier molecular flexibility index (Phi) is 6.02. The molecule has 2 heterocycles. The number of aromatic nitrogens is 2. The van der Waals surface area contributed by atoms with Crippen LogP contribution in [0, 0.1) is 0 Å². The fraction of sp³-hybridized carbons (Fsp3) is 0.214. The molecule has 0 aromatic carbocycles. The van der Waals surface area contributed by atoms with Crippen LogP contribution >= 0.6 is 0 Å². The Labute approximate surface area is 113 Å². The van der Waals surface area contributed by atoms with Gasteiger partial charge in [0.25, 0.3) is 0 Å². The Morgan fingerprint density at radius 3 is 2.37 bits per heavy atom. The highest BCUT2D eigenvalue weighted by atomic mass is 16.4. The lowest BCUT2D eigenvalue weighted by atomic mass is 10.1. The number of oxime groups is 1. The van der Waals surface area contributed by atoms with Gasteiger partial charge in [0.2, 0.25) is 0 Å². The number of rotatable bonds is 3. The monoisotopic (exact) mass is 258 g/mol. The predicted molar refractivity (Wildman–Crippen MR) is 76.8 cm³/mol. The highest BCUT2D eigenvalue weighted by molar-refractivity contribution is 6.12. The summed E-state index contributed by atoms with van der Waals surface area (Å²) in [6.07, 6.45) is 4.95. The van der Waals surface area contributed by atoms with E-state index in [9.17, 15) is 0 Å². The van der Waals surface area contributed by atoms with Crippen molar-refractivity contribution < 1.29 is 5.21 Å². The Balaban J connectivity index is 0.000000861. The van der Waals surface area contributed by atoms with Crippen molar-refractivity contribution in [2.24, 2.45) is 5.16 Å². The molecular weight excluding hydrogens is 240 g/mol. The molecule has 0 bridgehead atoms. The normalized spacial score (nSPS) is 10.4. The Morgan fingerprint density at radius 1 is 1.16 bits per heavy atom. The molecule has 0 aliphatic heterocycles. The predicted octanol–water partition coefficient (Wildman–Crippen LogP) is 2.77. The van der Waals surface area contributed by atoms with Crippen LogP contribution in [-0.2, 0) is 0 Å². The molecule has 0 aliphatic rings. The van der Waals surface area contributed by atoms with E-state index < -0.39 is 0 Å². The number of hydrogen-bond acceptors (Lipinski definition) is 5. The Morgan fingerprint density at radius 2 is 1.89 bits per heavy atom. The van der Waals surface area contributed by atoms with Crippen molar-refractivity contribution in [2.45, 2.75) is 13.8 Å². The van der Waals surface area contributed by atoms with E-state index in [1.54, 1.807) is 31.7 Å². The molecule has 0 aliphatic carbocycles. The van der Waals surface area contributed by atoms with E-state index in [1.807, 2.05) is 32.0 Å². The van der Waals surface area contributed by atoms with Crippen molar-refractivity contribution >= 4 is 11.5 Å². The fourth-order valence-corrected chi connectivity index (χ4v) is 1.47. The zero-order valence-corrected chi connectivity index (χ0v) is 11.3. The van der Waals surface area contributed by atoms with Gasteiger partial charge in [0.1, 0.15) is 11.5 Å². The van der Waals surface area contributed by atoms with Gasteiger partial charge in [0.15, 0.2) is 0 Å². The van der Waals surface area contributed by atoms with E-state index in [0.29, 0.717) is 5.71 Å². The zero-order valence-electron chi connectivity index (χ0n) is 11.3. The van der Waals surface area contributed by atoms with Crippen LogP contribution in [0.4, 0.5) is 5.82 Å². The first-order chi connectivity index (χ1) is 9.35. The van der Waals surface area contributed by atoms with Gasteiger partial charge in [0, 0.05) is 36.8 Å². The first-order valence-electron chi connectivity index (χ1n) is 6.12. The second-order valence-corrected chi connectivity index (χ2v) is 3.37. The van der Waals surface area contributed by atoms with Crippen molar-refractivity contribution in [2.75, 3.05) is 12.4 Å². The molecule has 2 aromatic rings. The summed E-state index contributed by atoms with van der Waals surface area (Å²) in [5, 5.41) is 15.3. The summed E-state index contributed by atoms with van der Waals surface area (Å²) in [5.74, 6) is 0.761. The van der Waals surface area contributed by atoms with Crippen molar-refractivity contribution in [3.8, 4) is 0 Å². The van der Waals surface area contributed by atoms with Crippen LogP contribution in [0.1, 0.15) is 25.0 Å². The van der Waals surface area contributed by atoms with Gasteiger partial charge in [0.05, 0.1) is 0 Å². The molecule has 0 saturated heterocycles. The topological polar surface area (TPSA) is 70.4 Å². The van der Waals surface area contributed by atoms with Crippen LogP contribution in [0.15, 0.2) is 48.0 Å². The molecule has 2 aromatic heterocycles. The second kappa shape index (κ2) is 7.81. The molecule has 0 amide bonds. The number of nitrogens with one attached hydrogen (secondary N) is 1. The van der Waals surface area contributed by atoms with E-state index in [4.69, 9.17) is 5.21 Å². The lowest BCUT2D eigenvalue weighted by Crippen LogP contribution is -2.05. The average Bonchev–Trinajstić information content (AvgIpc) is 2.52. The minimum atomic E-state index is 0.452. The summed E-state index contributed by atoms with van der Waals surface area (Å²) >= 11 is 0. The second-order valence-electron chi connectivity index (χ2n) is 3.37. The van der Waals surface area contributed by atoms with Gasteiger partial charge in [-0.3, -0.25) is 4.98 Å². The first-order valence-corrected chi connectivity index (χ1v) is 6.12. The van der Waals surface area contributed by atoms with Crippen LogP contribution in [-0.4, -0.2) is 27.9 Å².